The van der Waals surface area contributed by atoms with Crippen LogP contribution in [-0.2, 0) is 0 Å². The van der Waals surface area contributed by atoms with Crippen molar-refractivity contribution >= 4 is 27.8 Å². The van der Waals surface area contributed by atoms with Crippen molar-refractivity contribution in [3.63, 3.8) is 0 Å². The Hall–Kier alpha value is -4.92. The number of nitrogens with zero attached hydrogens (tertiary/aromatic N) is 6. The number of aromatic nitrogens is 8. The molecule has 9 heteroatoms. The van der Waals surface area contributed by atoms with Crippen LogP contribution < -0.4 is 5.32 Å². The molecule has 3 N–H and O–H groups in total. The molecule has 0 saturated heterocycles. The molecule has 176 valence electrons. The molecule has 0 bridgehead atoms. The number of fused-ring (bicyclic) bond motifs is 2. The van der Waals surface area contributed by atoms with Gasteiger partial charge >= 0.3 is 0 Å². The van der Waals surface area contributed by atoms with E-state index in [0.29, 0.717) is 11.5 Å². The van der Waals surface area contributed by atoms with Gasteiger partial charge in [0.1, 0.15) is 5.52 Å². The Morgan fingerprint density at radius 3 is 2.61 bits per heavy atom. The number of nitrogens with one attached hydrogen (secondary N) is 3. The fourth-order valence-electron chi connectivity index (χ4n) is 4.23. The molecule has 0 radical (unpaired) electrons. The maximum atomic E-state index is 4.92. The van der Waals surface area contributed by atoms with Gasteiger partial charge in [0.15, 0.2) is 11.5 Å². The van der Waals surface area contributed by atoms with Crippen LogP contribution in [0.5, 0.6) is 0 Å². The summed E-state index contributed by atoms with van der Waals surface area (Å²) in [7, 11) is 0. The Morgan fingerprint density at radius 2 is 1.75 bits per heavy atom. The van der Waals surface area contributed by atoms with Crippen LogP contribution in [0.1, 0.15) is 19.8 Å². The van der Waals surface area contributed by atoms with Gasteiger partial charge in [-0.25, -0.2) is 9.97 Å². The van der Waals surface area contributed by atoms with E-state index < -0.39 is 0 Å². The summed E-state index contributed by atoms with van der Waals surface area (Å²) < 4.78 is 0. The van der Waals surface area contributed by atoms with E-state index in [1.165, 1.54) is 0 Å². The molecule has 0 aliphatic heterocycles. The van der Waals surface area contributed by atoms with E-state index >= 15 is 0 Å². The van der Waals surface area contributed by atoms with Gasteiger partial charge in [0.25, 0.3) is 0 Å². The first kappa shape index (κ1) is 21.6. The summed E-state index contributed by atoms with van der Waals surface area (Å²) in [6.07, 6.45) is 12.6. The summed E-state index contributed by atoms with van der Waals surface area (Å²) >= 11 is 0. The summed E-state index contributed by atoms with van der Waals surface area (Å²) in [4.78, 5) is 26.0. The standard InChI is InChI=1S/C27H23N9/c1-3-4-16(2)31-19-11-18(12-29-13-19)21-5-6-22-25(32-21)26(36-35-22)27-33-23-15-30-14-20(24(23)34-27)17-7-9-28-10-8-17/h5-15,31H,2-4H2,1H3,(H,33,34)(H,35,36). The molecule has 36 heavy (non-hydrogen) atoms. The van der Waals surface area contributed by atoms with Crippen molar-refractivity contribution in [1.29, 1.82) is 0 Å². The van der Waals surface area contributed by atoms with Gasteiger partial charge in [-0.3, -0.25) is 20.1 Å². The Labute approximate surface area is 206 Å². The number of imidazole rings is 1. The minimum absolute atomic E-state index is 0.619. The number of aromatic amines is 2. The fraction of sp³-hybridized carbons (Fsp3) is 0.111. The molecule has 0 amide bonds. The van der Waals surface area contributed by atoms with E-state index in [0.717, 1.165) is 68.7 Å². The molecule has 6 aromatic rings. The predicted molar refractivity (Wildman–Crippen MR) is 141 cm³/mol. The number of anilines is 1. The molecule has 0 aliphatic carbocycles. The van der Waals surface area contributed by atoms with E-state index in [-0.39, 0.29) is 0 Å². The third-order valence-electron chi connectivity index (χ3n) is 5.92. The lowest BCUT2D eigenvalue weighted by Crippen LogP contribution is -1.98. The Kier molecular flexibility index (Phi) is 5.42. The Bertz CT molecular complexity index is 1700. The van der Waals surface area contributed by atoms with Gasteiger partial charge in [0.05, 0.1) is 40.3 Å². The van der Waals surface area contributed by atoms with E-state index in [1.807, 2.05) is 36.5 Å². The highest BCUT2D eigenvalue weighted by molar-refractivity contribution is 5.95. The Balaban J connectivity index is 1.40. The van der Waals surface area contributed by atoms with Crippen LogP contribution in [-0.4, -0.2) is 40.1 Å². The smallest absolute Gasteiger partial charge is 0.161 e. The number of pyridine rings is 4. The number of allylic oxidation sites excluding steroid dienone is 1. The molecule has 6 heterocycles. The lowest BCUT2D eigenvalue weighted by atomic mass is 10.1. The van der Waals surface area contributed by atoms with Crippen LogP contribution in [0.2, 0.25) is 0 Å². The lowest BCUT2D eigenvalue weighted by Gasteiger charge is -2.09. The van der Waals surface area contributed by atoms with Gasteiger partial charge in [-0.15, -0.1) is 0 Å². The molecule has 0 aliphatic rings. The van der Waals surface area contributed by atoms with Crippen LogP contribution >= 0.6 is 0 Å². The van der Waals surface area contributed by atoms with Crippen LogP contribution in [0.3, 0.4) is 0 Å². The second kappa shape index (κ2) is 9.03. The first-order valence-electron chi connectivity index (χ1n) is 11.7. The van der Waals surface area contributed by atoms with Crippen LogP contribution in [0.25, 0.3) is 56.0 Å². The highest BCUT2D eigenvalue weighted by Gasteiger charge is 2.17. The van der Waals surface area contributed by atoms with E-state index in [9.17, 15) is 0 Å². The van der Waals surface area contributed by atoms with Gasteiger partial charge in [-0.1, -0.05) is 19.9 Å². The molecule has 6 rings (SSSR count). The SMILES string of the molecule is C=C(CCC)Nc1cncc(-c2ccc3[nH]nc(-c4nc5c(-c6ccncc6)cncc5[nH]4)c3n2)c1. The van der Waals surface area contributed by atoms with Gasteiger partial charge in [-0.2, -0.15) is 5.10 Å². The summed E-state index contributed by atoms with van der Waals surface area (Å²) in [5, 5.41) is 10.9. The largest absolute Gasteiger partial charge is 0.358 e. The maximum Gasteiger partial charge on any atom is 0.161 e. The summed E-state index contributed by atoms with van der Waals surface area (Å²) in [6.45, 7) is 6.21. The van der Waals surface area contributed by atoms with E-state index in [2.05, 4.69) is 49.0 Å². The normalized spacial score (nSPS) is 11.2. The van der Waals surface area contributed by atoms with E-state index in [1.54, 1.807) is 31.0 Å². The number of hydrogen-bond donors (Lipinski definition) is 3. The molecule has 6 aromatic heterocycles. The average molecular weight is 474 g/mol. The summed E-state index contributed by atoms with van der Waals surface area (Å²) in [6, 6.07) is 9.83. The quantitative estimate of drug-likeness (QED) is 0.270. The molecule has 0 unspecified atom stereocenters. The minimum atomic E-state index is 0.619. The van der Waals surface area contributed by atoms with Crippen molar-refractivity contribution in [2.45, 2.75) is 19.8 Å². The second-order valence-corrected chi connectivity index (χ2v) is 8.51. The zero-order valence-corrected chi connectivity index (χ0v) is 19.7. The molecular formula is C27H23N9. The third-order valence-corrected chi connectivity index (χ3v) is 5.92. The van der Waals surface area contributed by atoms with Crippen molar-refractivity contribution in [2.75, 3.05) is 5.32 Å². The van der Waals surface area contributed by atoms with Crippen molar-refractivity contribution in [3.8, 4) is 33.9 Å². The lowest BCUT2D eigenvalue weighted by molar-refractivity contribution is 0.913. The number of hydrogen-bond acceptors (Lipinski definition) is 7. The monoisotopic (exact) mass is 473 g/mol. The maximum absolute atomic E-state index is 4.92. The molecule has 0 spiro atoms. The van der Waals surface area contributed by atoms with Gasteiger partial charge in [-0.05, 0) is 42.3 Å². The molecule has 0 fully saturated rings. The van der Waals surface area contributed by atoms with Gasteiger partial charge in [0.2, 0.25) is 0 Å². The molecular weight excluding hydrogens is 450 g/mol. The fourth-order valence-corrected chi connectivity index (χ4v) is 4.23. The van der Waals surface area contributed by atoms with Crippen molar-refractivity contribution in [2.24, 2.45) is 0 Å². The van der Waals surface area contributed by atoms with Crippen LogP contribution in [0.4, 0.5) is 5.69 Å². The Morgan fingerprint density at radius 1 is 0.889 bits per heavy atom. The molecule has 0 aromatic carbocycles. The van der Waals surface area contributed by atoms with Crippen molar-refractivity contribution in [3.05, 3.63) is 79.8 Å². The molecule has 9 nitrogen and oxygen atoms in total. The molecule has 0 saturated carbocycles. The van der Waals surface area contributed by atoms with E-state index in [4.69, 9.17) is 9.97 Å². The highest BCUT2D eigenvalue weighted by Crippen LogP contribution is 2.31. The van der Waals surface area contributed by atoms with Crippen LogP contribution in [0, 0.1) is 0 Å². The first-order chi connectivity index (χ1) is 17.7. The average Bonchev–Trinajstić information content (AvgIpc) is 3.53. The number of rotatable bonds is 7. The van der Waals surface area contributed by atoms with Crippen LogP contribution in [0.15, 0.2) is 79.8 Å². The zero-order valence-electron chi connectivity index (χ0n) is 19.7. The topological polar surface area (TPSA) is 121 Å². The molecule has 0 atom stereocenters. The zero-order chi connectivity index (χ0) is 24.5. The van der Waals surface area contributed by atoms with Gasteiger partial charge < -0.3 is 10.3 Å². The van der Waals surface area contributed by atoms with Gasteiger partial charge in [0, 0.05) is 41.6 Å². The third kappa shape index (κ3) is 3.96. The highest BCUT2D eigenvalue weighted by atomic mass is 15.2. The minimum Gasteiger partial charge on any atom is -0.358 e. The summed E-state index contributed by atoms with van der Waals surface area (Å²) in [5.41, 5.74) is 9.26. The predicted octanol–water partition coefficient (Wildman–Crippen LogP) is 5.75. The van der Waals surface area contributed by atoms with Crippen molar-refractivity contribution < 1.29 is 0 Å². The summed E-state index contributed by atoms with van der Waals surface area (Å²) in [5.74, 6) is 0.619. The number of H-pyrrole nitrogens is 2. The van der Waals surface area contributed by atoms with Crippen molar-refractivity contribution in [1.82, 2.24) is 40.1 Å². The second-order valence-electron chi connectivity index (χ2n) is 8.51. The first-order valence-corrected chi connectivity index (χ1v) is 11.7.